The molecule has 1 aromatic heterocycles. The van der Waals surface area contributed by atoms with Crippen LogP contribution >= 0.6 is 0 Å². The Balaban J connectivity index is 0.000000924. The molecule has 0 bridgehead atoms. The number of hydrogen-bond donors (Lipinski definition) is 1. The minimum atomic E-state index is -0.589. The zero-order valence-corrected chi connectivity index (χ0v) is 13.8. The molecule has 118 valence electrons. The molecule has 0 spiro atoms. The second kappa shape index (κ2) is 4.70. The van der Waals surface area contributed by atoms with Crippen molar-refractivity contribution in [3.8, 4) is 0 Å². The number of fused-ring (bicyclic) bond motifs is 3. The zero-order valence-electron chi connectivity index (χ0n) is 14.8. The summed E-state index contributed by atoms with van der Waals surface area (Å²) in [5, 5.41) is 3.15. The highest BCUT2D eigenvalue weighted by Gasteiger charge is 2.54. The van der Waals surface area contributed by atoms with Crippen LogP contribution in [-0.2, 0) is 23.7 Å². The molecule has 2 atom stereocenters. The fourth-order valence-corrected chi connectivity index (χ4v) is 4.24. The molecule has 2 aliphatic rings. The van der Waals surface area contributed by atoms with Gasteiger partial charge in [-0.3, -0.25) is 14.6 Å². The molecule has 3 rings (SSSR count). The molecule has 5 heteroatoms. The van der Waals surface area contributed by atoms with Gasteiger partial charge in [0, 0.05) is 30.5 Å². The van der Waals surface area contributed by atoms with Crippen LogP contribution in [0.3, 0.4) is 0 Å². The summed E-state index contributed by atoms with van der Waals surface area (Å²) in [6.07, 6.45) is 3.24. The van der Waals surface area contributed by atoms with Crippen molar-refractivity contribution in [1.29, 1.82) is 0 Å². The van der Waals surface area contributed by atoms with Crippen molar-refractivity contribution in [2.24, 2.45) is 18.4 Å². The Morgan fingerprint density at radius 2 is 2.09 bits per heavy atom. The summed E-state index contributed by atoms with van der Waals surface area (Å²) in [5.74, 6) is 0.00949. The molecule has 0 fully saturated rings. The third kappa shape index (κ3) is 1.76. The Hall–Kier alpha value is -2.09. The Morgan fingerprint density at radius 1 is 1.45 bits per heavy atom. The summed E-state index contributed by atoms with van der Waals surface area (Å²) >= 11 is 0. The van der Waals surface area contributed by atoms with Crippen molar-refractivity contribution in [1.82, 2.24) is 9.78 Å². The van der Waals surface area contributed by atoms with Gasteiger partial charge in [0.1, 0.15) is 0 Å². The Kier molecular flexibility index (Phi) is 3.17. The maximum absolute atomic E-state index is 12.5. The van der Waals surface area contributed by atoms with Crippen LogP contribution in [0.5, 0.6) is 0 Å². The van der Waals surface area contributed by atoms with E-state index in [2.05, 4.69) is 9.94 Å². The quantitative estimate of drug-likeness (QED) is 0.749. The molecule has 0 aromatic carbocycles. The molecule has 0 unspecified atom stereocenters. The fourth-order valence-electron chi connectivity index (χ4n) is 4.24. The average Bonchev–Trinajstić information content (AvgIpc) is 2.82. The van der Waals surface area contributed by atoms with Crippen LogP contribution in [0, 0.1) is 17.9 Å². The van der Waals surface area contributed by atoms with Gasteiger partial charge < -0.3 is 4.79 Å². The number of nitrogens with zero attached hydrogens (tertiary/aromatic N) is 2. The molecule has 0 saturated carbocycles. The van der Waals surface area contributed by atoms with Crippen LogP contribution in [0.4, 0.5) is 0 Å². The van der Waals surface area contributed by atoms with Gasteiger partial charge in [-0.25, -0.2) is 4.85 Å². The molecule has 22 heavy (non-hydrogen) atoms. The second-order valence-electron chi connectivity index (χ2n) is 6.90. The second-order valence-corrected chi connectivity index (χ2v) is 6.90. The number of carbonyl (C=O) groups excluding carboxylic acids is 1. The minimum Gasteiger partial charge on any atom is -0.307 e. The van der Waals surface area contributed by atoms with Crippen molar-refractivity contribution in [3.63, 3.8) is 0 Å². The third-order valence-electron chi connectivity index (χ3n) is 5.34. The van der Waals surface area contributed by atoms with Crippen LogP contribution in [0.2, 0.25) is 0 Å². The highest BCUT2D eigenvalue weighted by Crippen LogP contribution is 2.53. The number of ketones is 1. The van der Waals surface area contributed by atoms with E-state index >= 15 is 0 Å². The summed E-state index contributed by atoms with van der Waals surface area (Å²) < 4.78 is 7.24. The Morgan fingerprint density at radius 3 is 2.68 bits per heavy atom. The highest BCUT2D eigenvalue weighted by atomic mass is 16.1. The lowest BCUT2D eigenvalue weighted by molar-refractivity contribution is -0.128. The molecule has 0 aliphatic heterocycles. The number of aryl methyl sites for hydroxylation is 1. The average molecular weight is 303 g/mol. The molecule has 0 radical (unpaired) electrons. The maximum atomic E-state index is 12.5. The lowest BCUT2D eigenvalue weighted by atomic mass is 9.53. The highest BCUT2D eigenvalue weighted by molar-refractivity contribution is 6.02. The standard InChI is InChI=1S/C16H19N3O2.CH4/c1-15(2)11-7-6-9-12(18-19(5)14(9)21)16(11,3)8-10(17-4)13(15)20;/h8,11,18H,6-7H2,1-3,5H3;1H4/t11-,16-;/m0./s1/i;1T. The van der Waals surface area contributed by atoms with Crippen LogP contribution < -0.4 is 5.56 Å². The molecule has 0 amide bonds. The number of nitrogens with one attached hydrogen (secondary N) is 1. The number of Topliss-reactive ketones (excluding diaryl/α,β-unsaturated/α-hetero) is 1. The number of hydrogen-bond acceptors (Lipinski definition) is 2. The number of aromatic amines is 1. The van der Waals surface area contributed by atoms with E-state index < -0.39 is 10.8 Å². The van der Waals surface area contributed by atoms with Gasteiger partial charge in [-0.2, -0.15) is 0 Å². The lowest BCUT2D eigenvalue weighted by Gasteiger charge is -2.49. The maximum Gasteiger partial charge on any atom is 0.269 e. The molecule has 2 aliphatic carbocycles. The van der Waals surface area contributed by atoms with Gasteiger partial charge in [-0.1, -0.05) is 34.2 Å². The largest absolute Gasteiger partial charge is 0.307 e. The number of allylic oxidation sites excluding steroid dienone is 2. The fraction of sp³-hybridized carbons (Fsp3) is 0.588. The first-order valence-electron chi connectivity index (χ1n) is 8.17. The van der Waals surface area contributed by atoms with Gasteiger partial charge >= 0.3 is 0 Å². The van der Waals surface area contributed by atoms with E-state index in [1.807, 2.05) is 20.8 Å². The van der Waals surface area contributed by atoms with Gasteiger partial charge in [0.25, 0.3) is 5.56 Å². The molecular formula is C17H23N3O2. The third-order valence-corrected chi connectivity index (χ3v) is 5.34. The van der Waals surface area contributed by atoms with E-state index in [4.69, 9.17) is 7.94 Å². The van der Waals surface area contributed by atoms with Crippen LogP contribution in [0.25, 0.3) is 4.85 Å². The van der Waals surface area contributed by atoms with Gasteiger partial charge in [0.15, 0.2) is 5.78 Å². The van der Waals surface area contributed by atoms with Crippen LogP contribution in [0.1, 0.15) is 47.2 Å². The molecule has 0 saturated heterocycles. The molecule has 1 heterocycles. The van der Waals surface area contributed by atoms with Crippen molar-refractivity contribution < 1.29 is 6.17 Å². The summed E-state index contributed by atoms with van der Waals surface area (Å²) in [4.78, 5) is 28.1. The van der Waals surface area contributed by atoms with Crippen LogP contribution in [-0.4, -0.2) is 15.6 Å². The first-order valence-corrected chi connectivity index (χ1v) is 7.17. The molecule has 1 N–H and O–H groups in total. The monoisotopic (exact) mass is 303 g/mol. The summed E-state index contributed by atoms with van der Waals surface area (Å²) in [5.41, 5.74) is 0.794. The number of H-pyrrole nitrogens is 1. The van der Waals surface area contributed by atoms with E-state index in [1.165, 1.54) is 12.1 Å². The predicted molar refractivity (Wildman–Crippen MR) is 85.4 cm³/mol. The Labute approximate surface area is 132 Å². The van der Waals surface area contributed by atoms with Gasteiger partial charge in [0.2, 0.25) is 5.70 Å². The number of aromatic nitrogens is 2. The predicted octanol–water partition coefficient (Wildman–Crippen LogP) is 2.58. The van der Waals surface area contributed by atoms with Gasteiger partial charge in [-0.15, -0.1) is 0 Å². The summed E-state index contributed by atoms with van der Waals surface area (Å²) in [6, 6.07) is 0. The van der Waals surface area contributed by atoms with Gasteiger partial charge in [0.05, 0.1) is 6.57 Å². The van der Waals surface area contributed by atoms with Crippen molar-refractivity contribution >= 4 is 5.78 Å². The first kappa shape index (κ1) is 14.8. The van der Waals surface area contributed by atoms with E-state index in [1.54, 1.807) is 13.1 Å². The SMILES string of the molecule is [3H]C.[C-]#[N+]C1=C[C@]2(C)c3[nH]n(C)c(=O)c3CC[C@H]2C(C)(C)C1=O. The minimum absolute atomic E-state index is 0.00265. The summed E-state index contributed by atoms with van der Waals surface area (Å²) in [6.45, 7) is 13.2. The van der Waals surface area contributed by atoms with E-state index in [0.29, 0.717) is 6.42 Å². The smallest absolute Gasteiger partial charge is 0.269 e. The zero-order chi connectivity index (χ0) is 17.6. The molecule has 1 aromatic rings. The normalized spacial score (nSPS) is 29.1. The summed E-state index contributed by atoms with van der Waals surface area (Å²) in [7, 11) is 2.96. The van der Waals surface area contributed by atoms with Gasteiger partial charge in [-0.05, 0) is 18.8 Å². The van der Waals surface area contributed by atoms with E-state index in [-0.39, 0.29) is 23.0 Å². The molecule has 5 nitrogen and oxygen atoms in total. The van der Waals surface area contributed by atoms with Crippen LogP contribution in [0.15, 0.2) is 16.6 Å². The first-order chi connectivity index (χ1) is 10.7. The number of carbonyl (C=O) groups is 1. The number of rotatable bonds is 0. The van der Waals surface area contributed by atoms with E-state index in [0.717, 1.165) is 17.7 Å². The topological polar surface area (TPSA) is 59.2 Å². The molecular weight excluding hydrogens is 278 g/mol. The van der Waals surface area contributed by atoms with Crippen molar-refractivity contribution in [2.45, 2.75) is 46.4 Å². The van der Waals surface area contributed by atoms with Crippen molar-refractivity contribution in [3.05, 3.63) is 44.8 Å². The lowest BCUT2D eigenvalue weighted by Crippen LogP contribution is -2.51. The van der Waals surface area contributed by atoms with E-state index in [9.17, 15) is 9.59 Å². The Bertz CT molecular complexity index is 779. The van der Waals surface area contributed by atoms with Crippen molar-refractivity contribution in [2.75, 3.05) is 0 Å².